The molecule has 2 saturated carbocycles. The number of aryl methyl sites for hydroxylation is 1. The van der Waals surface area contributed by atoms with Crippen LogP contribution in [-0.4, -0.2) is 0 Å². The van der Waals surface area contributed by atoms with E-state index >= 15 is 0 Å². The van der Waals surface area contributed by atoms with Gasteiger partial charge in [0.1, 0.15) is 0 Å². The molecule has 0 bridgehead atoms. The summed E-state index contributed by atoms with van der Waals surface area (Å²) in [5, 5.41) is 10.1. The molecule has 2 nitrogen and oxygen atoms in total. The standard InChI is InChI=1S/C24H29ClN2S/c1-3-17-7-10-19(25)15-21(17)27-16(2)22-23(24(22)13-5-4-6-14-24)18-8-11-20(28-26)12-9-18/h7-12,15,22-23,27H,2-6,13-14,26H2,1H3. The van der Waals surface area contributed by atoms with Crippen molar-refractivity contribution in [2.45, 2.75) is 56.3 Å². The molecule has 148 valence electrons. The number of hydrogen-bond acceptors (Lipinski definition) is 3. The van der Waals surface area contributed by atoms with Gasteiger partial charge >= 0.3 is 0 Å². The molecule has 0 heterocycles. The minimum absolute atomic E-state index is 0.366. The highest BCUT2D eigenvalue weighted by Gasteiger charge is 2.65. The molecule has 2 aromatic carbocycles. The van der Waals surface area contributed by atoms with Gasteiger partial charge < -0.3 is 5.32 Å². The molecule has 0 amide bonds. The summed E-state index contributed by atoms with van der Waals surface area (Å²) in [5.74, 6) is 1.03. The van der Waals surface area contributed by atoms with Gasteiger partial charge in [0.25, 0.3) is 0 Å². The first-order chi connectivity index (χ1) is 13.6. The Labute approximate surface area is 178 Å². The maximum absolute atomic E-state index is 6.27. The average molecular weight is 413 g/mol. The maximum Gasteiger partial charge on any atom is 0.0429 e. The molecular weight excluding hydrogens is 384 g/mol. The summed E-state index contributed by atoms with van der Waals surface area (Å²) in [5.41, 5.74) is 5.32. The lowest BCUT2D eigenvalue weighted by Gasteiger charge is -2.24. The van der Waals surface area contributed by atoms with Crippen LogP contribution in [0.1, 0.15) is 56.1 Å². The molecule has 2 aliphatic carbocycles. The van der Waals surface area contributed by atoms with E-state index in [0.717, 1.165) is 27.7 Å². The van der Waals surface area contributed by atoms with Crippen LogP contribution in [0.25, 0.3) is 0 Å². The minimum Gasteiger partial charge on any atom is -0.359 e. The summed E-state index contributed by atoms with van der Waals surface area (Å²) in [4.78, 5) is 1.11. The zero-order chi connectivity index (χ0) is 19.7. The SMILES string of the molecule is C=C(Nc1cc(Cl)ccc1CC)C1C(c2ccc(SN)cc2)C12CCCCC2. The molecule has 2 unspecified atom stereocenters. The van der Waals surface area contributed by atoms with Gasteiger partial charge in [-0.15, -0.1) is 0 Å². The van der Waals surface area contributed by atoms with E-state index < -0.39 is 0 Å². The van der Waals surface area contributed by atoms with Gasteiger partial charge in [-0.1, -0.05) is 62.6 Å². The fraction of sp³-hybridized carbons (Fsp3) is 0.417. The molecule has 2 fully saturated rings. The maximum atomic E-state index is 6.27. The lowest BCUT2D eigenvalue weighted by molar-refractivity contribution is 0.310. The van der Waals surface area contributed by atoms with E-state index in [0.29, 0.717) is 17.3 Å². The van der Waals surface area contributed by atoms with Crippen molar-refractivity contribution in [3.63, 3.8) is 0 Å². The van der Waals surface area contributed by atoms with Gasteiger partial charge in [0.2, 0.25) is 0 Å². The van der Waals surface area contributed by atoms with Gasteiger partial charge in [-0.05, 0) is 77.9 Å². The number of allylic oxidation sites excluding steroid dienone is 1. The average Bonchev–Trinajstić information content (AvgIpc) is 3.35. The van der Waals surface area contributed by atoms with Gasteiger partial charge in [-0.3, -0.25) is 5.14 Å². The number of hydrogen-bond donors (Lipinski definition) is 2. The number of nitrogens with one attached hydrogen (secondary N) is 1. The van der Waals surface area contributed by atoms with Crippen molar-refractivity contribution in [3.05, 3.63) is 70.9 Å². The fourth-order valence-electron chi connectivity index (χ4n) is 5.37. The van der Waals surface area contributed by atoms with Crippen molar-refractivity contribution in [2.24, 2.45) is 16.5 Å². The third kappa shape index (κ3) is 3.60. The molecule has 2 atom stereocenters. The zero-order valence-corrected chi connectivity index (χ0v) is 18.1. The van der Waals surface area contributed by atoms with E-state index in [9.17, 15) is 0 Å². The highest BCUT2D eigenvalue weighted by Crippen LogP contribution is 2.73. The molecule has 1 spiro atoms. The van der Waals surface area contributed by atoms with E-state index in [-0.39, 0.29) is 0 Å². The van der Waals surface area contributed by atoms with Gasteiger partial charge in [0.15, 0.2) is 0 Å². The van der Waals surface area contributed by atoms with E-state index in [2.05, 4.69) is 49.2 Å². The predicted molar refractivity (Wildman–Crippen MR) is 122 cm³/mol. The highest BCUT2D eigenvalue weighted by molar-refractivity contribution is 7.97. The molecule has 28 heavy (non-hydrogen) atoms. The Morgan fingerprint density at radius 3 is 2.54 bits per heavy atom. The van der Waals surface area contributed by atoms with Crippen LogP contribution in [0.5, 0.6) is 0 Å². The van der Waals surface area contributed by atoms with Gasteiger partial charge in [-0.25, -0.2) is 0 Å². The second-order valence-electron chi connectivity index (χ2n) is 8.24. The Balaban J connectivity index is 1.60. The molecule has 0 radical (unpaired) electrons. The van der Waals surface area contributed by atoms with E-state index in [1.165, 1.54) is 55.2 Å². The van der Waals surface area contributed by atoms with Crippen LogP contribution < -0.4 is 10.5 Å². The number of nitrogens with two attached hydrogens (primary N) is 1. The number of rotatable bonds is 6. The van der Waals surface area contributed by atoms with Crippen molar-refractivity contribution >= 4 is 29.2 Å². The number of anilines is 1. The lowest BCUT2D eigenvalue weighted by Crippen LogP contribution is -2.13. The van der Waals surface area contributed by atoms with Crippen molar-refractivity contribution in [2.75, 3.05) is 5.32 Å². The Morgan fingerprint density at radius 1 is 1.18 bits per heavy atom. The van der Waals surface area contributed by atoms with Gasteiger partial charge in [0, 0.05) is 27.2 Å². The molecule has 4 rings (SSSR count). The number of halogens is 1. The van der Waals surface area contributed by atoms with Crippen LogP contribution >= 0.6 is 23.5 Å². The molecule has 0 saturated heterocycles. The summed E-state index contributed by atoms with van der Waals surface area (Å²) in [7, 11) is 0. The van der Waals surface area contributed by atoms with E-state index in [4.69, 9.17) is 16.7 Å². The molecule has 2 aromatic rings. The summed E-state index contributed by atoms with van der Waals surface area (Å²) in [6, 6.07) is 14.9. The summed E-state index contributed by atoms with van der Waals surface area (Å²) in [6.07, 6.45) is 7.59. The van der Waals surface area contributed by atoms with E-state index in [1.807, 2.05) is 12.1 Å². The Kier molecular flexibility index (Phi) is 5.78. The summed E-state index contributed by atoms with van der Waals surface area (Å²) in [6.45, 7) is 6.68. The van der Waals surface area contributed by atoms with Crippen LogP contribution in [0, 0.1) is 11.3 Å². The third-order valence-corrected chi connectivity index (χ3v) is 7.53. The van der Waals surface area contributed by atoms with Crippen LogP contribution in [-0.2, 0) is 6.42 Å². The predicted octanol–water partition coefficient (Wildman–Crippen LogP) is 7.16. The Hall–Kier alpha value is -1.42. The molecule has 4 heteroatoms. The topological polar surface area (TPSA) is 38.0 Å². The van der Waals surface area contributed by atoms with Crippen LogP contribution in [0.4, 0.5) is 5.69 Å². The first-order valence-corrected chi connectivity index (χ1v) is 11.6. The van der Waals surface area contributed by atoms with Gasteiger partial charge in [-0.2, -0.15) is 0 Å². The molecular formula is C24H29ClN2S. The molecule has 2 aliphatic rings. The normalized spacial score (nSPS) is 22.8. The second-order valence-corrected chi connectivity index (χ2v) is 9.38. The molecule has 0 aromatic heterocycles. The van der Waals surface area contributed by atoms with E-state index in [1.54, 1.807) is 0 Å². The second kappa shape index (κ2) is 8.14. The largest absolute Gasteiger partial charge is 0.359 e. The Morgan fingerprint density at radius 2 is 1.89 bits per heavy atom. The highest BCUT2D eigenvalue weighted by atomic mass is 35.5. The number of benzene rings is 2. The van der Waals surface area contributed by atoms with Crippen LogP contribution in [0.15, 0.2) is 59.6 Å². The van der Waals surface area contributed by atoms with Gasteiger partial charge in [0.05, 0.1) is 0 Å². The smallest absolute Gasteiger partial charge is 0.0429 e. The summed E-state index contributed by atoms with van der Waals surface area (Å²) < 4.78 is 0. The third-order valence-electron chi connectivity index (χ3n) is 6.75. The van der Waals surface area contributed by atoms with Crippen molar-refractivity contribution in [3.8, 4) is 0 Å². The Bertz CT molecular complexity index is 855. The molecule has 0 aliphatic heterocycles. The molecule has 3 N–H and O–H groups in total. The first kappa shape index (κ1) is 19.9. The van der Waals surface area contributed by atoms with Crippen molar-refractivity contribution in [1.29, 1.82) is 0 Å². The minimum atomic E-state index is 0.366. The zero-order valence-electron chi connectivity index (χ0n) is 16.5. The fourth-order valence-corrected chi connectivity index (χ4v) is 5.84. The quantitative estimate of drug-likeness (QED) is 0.494. The first-order valence-electron chi connectivity index (χ1n) is 10.3. The van der Waals surface area contributed by atoms with Crippen molar-refractivity contribution in [1.82, 2.24) is 0 Å². The lowest BCUT2D eigenvalue weighted by atomic mass is 9.82. The monoisotopic (exact) mass is 412 g/mol. The summed E-state index contributed by atoms with van der Waals surface area (Å²) >= 11 is 7.57. The van der Waals surface area contributed by atoms with Crippen LogP contribution in [0.3, 0.4) is 0 Å². The van der Waals surface area contributed by atoms with Crippen LogP contribution in [0.2, 0.25) is 5.02 Å². The van der Waals surface area contributed by atoms with Crippen molar-refractivity contribution < 1.29 is 0 Å².